The maximum Gasteiger partial charge on any atom is 0.416 e. The fraction of sp³-hybridized carbons (Fsp3) is 0.350. The molecule has 1 fully saturated rings. The normalized spacial score (nSPS) is 19.4. The highest BCUT2D eigenvalue weighted by molar-refractivity contribution is 5.94. The number of fused-ring (bicyclic) bond motifs is 1. The maximum absolute atomic E-state index is 13.4. The minimum absolute atomic E-state index is 0.0339. The summed E-state index contributed by atoms with van der Waals surface area (Å²) >= 11 is 0. The van der Waals surface area contributed by atoms with Crippen LogP contribution < -0.4 is 9.64 Å². The van der Waals surface area contributed by atoms with E-state index in [2.05, 4.69) is 0 Å². The van der Waals surface area contributed by atoms with Gasteiger partial charge in [0.25, 0.3) is 0 Å². The highest BCUT2D eigenvalue weighted by Crippen LogP contribution is 2.39. The number of nitrogens with zero attached hydrogens (tertiary/aromatic N) is 2. The number of halogens is 4. The van der Waals surface area contributed by atoms with E-state index in [1.807, 2.05) is 6.07 Å². The fourth-order valence-corrected chi connectivity index (χ4v) is 3.86. The number of carbonyl (C=O) groups excluding carboxylic acids is 1. The summed E-state index contributed by atoms with van der Waals surface area (Å²) < 4.78 is 58.9. The molecule has 1 saturated heterocycles. The third kappa shape index (κ3) is 3.39. The van der Waals surface area contributed by atoms with Gasteiger partial charge < -0.3 is 9.64 Å². The zero-order valence-electron chi connectivity index (χ0n) is 14.9. The zero-order valence-corrected chi connectivity index (χ0v) is 14.9. The number of benzene rings is 2. The van der Waals surface area contributed by atoms with Crippen molar-refractivity contribution in [3.05, 3.63) is 59.4 Å². The van der Waals surface area contributed by atoms with Gasteiger partial charge in [-0.05, 0) is 36.2 Å². The number of hydrogen-bond donors (Lipinski definition) is 0. The summed E-state index contributed by atoms with van der Waals surface area (Å²) in [7, 11) is 0. The van der Waals surface area contributed by atoms with E-state index >= 15 is 0 Å². The molecule has 2 aromatic carbocycles. The minimum Gasteiger partial charge on any atom is -0.490 e. The molecule has 4 rings (SSSR count). The Hall–Kier alpha value is -2.77. The van der Waals surface area contributed by atoms with Gasteiger partial charge in [-0.2, -0.15) is 13.2 Å². The van der Waals surface area contributed by atoms with E-state index in [-0.39, 0.29) is 18.1 Å². The number of likely N-dealkylation sites (tertiary alicyclic amines) is 1. The number of ether oxygens (including phenoxy) is 1. The minimum atomic E-state index is -4.64. The van der Waals surface area contributed by atoms with E-state index in [4.69, 9.17) is 4.74 Å². The number of urea groups is 1. The Bertz CT molecular complexity index is 900. The van der Waals surface area contributed by atoms with Crippen LogP contribution in [-0.2, 0) is 6.18 Å². The van der Waals surface area contributed by atoms with Crippen molar-refractivity contribution in [3.8, 4) is 5.75 Å². The molecule has 0 radical (unpaired) electrons. The second-order valence-corrected chi connectivity index (χ2v) is 6.91. The van der Waals surface area contributed by atoms with Crippen molar-refractivity contribution >= 4 is 11.7 Å². The largest absolute Gasteiger partial charge is 0.490 e. The topological polar surface area (TPSA) is 32.8 Å². The fourth-order valence-electron chi connectivity index (χ4n) is 3.86. The van der Waals surface area contributed by atoms with E-state index in [0.717, 1.165) is 6.07 Å². The molecule has 28 heavy (non-hydrogen) atoms. The smallest absolute Gasteiger partial charge is 0.416 e. The van der Waals surface area contributed by atoms with Crippen LogP contribution in [0.2, 0.25) is 0 Å². The summed E-state index contributed by atoms with van der Waals surface area (Å²) in [6, 6.07) is 9.65. The van der Waals surface area contributed by atoms with Gasteiger partial charge in [-0.15, -0.1) is 0 Å². The van der Waals surface area contributed by atoms with Crippen molar-refractivity contribution < 1.29 is 27.1 Å². The van der Waals surface area contributed by atoms with Crippen LogP contribution in [0.1, 0.15) is 23.5 Å². The highest BCUT2D eigenvalue weighted by atomic mass is 19.4. The number of anilines is 1. The average Bonchev–Trinajstić information content (AvgIpc) is 3.16. The monoisotopic (exact) mass is 394 g/mol. The molecule has 2 aliphatic rings. The average molecular weight is 394 g/mol. The quantitative estimate of drug-likeness (QED) is 0.660. The van der Waals surface area contributed by atoms with Crippen molar-refractivity contribution in [2.75, 3.05) is 31.1 Å². The van der Waals surface area contributed by atoms with Crippen LogP contribution in [0, 0.1) is 5.82 Å². The second kappa shape index (κ2) is 7.00. The van der Waals surface area contributed by atoms with Crippen molar-refractivity contribution in [2.24, 2.45) is 0 Å². The first-order chi connectivity index (χ1) is 13.3. The summed E-state index contributed by atoms with van der Waals surface area (Å²) in [5.74, 6) is -0.805. The number of alkyl halides is 3. The lowest BCUT2D eigenvalue weighted by molar-refractivity contribution is -0.138. The van der Waals surface area contributed by atoms with Crippen LogP contribution in [0.3, 0.4) is 0 Å². The standard InChI is InChI=1S/C20H18F4N2O2/c21-14-5-6-15(16(11-14)20(22,23)24)13-7-8-25(12-13)19(27)26-9-10-28-18-4-2-1-3-17(18)26/h1-6,11,13H,7-10,12H2. The Balaban J connectivity index is 1.55. The Kier molecular flexibility index (Phi) is 4.64. The van der Waals surface area contributed by atoms with E-state index in [0.29, 0.717) is 43.6 Å². The maximum atomic E-state index is 13.4. The SMILES string of the molecule is O=C(N1CCC(c2ccc(F)cc2C(F)(F)F)C1)N1CCOc2ccccc21. The summed E-state index contributed by atoms with van der Waals surface area (Å²) in [6.45, 7) is 1.24. The first-order valence-electron chi connectivity index (χ1n) is 8.99. The summed E-state index contributed by atoms with van der Waals surface area (Å²) in [5, 5.41) is 0. The van der Waals surface area contributed by atoms with Gasteiger partial charge in [0, 0.05) is 19.0 Å². The van der Waals surface area contributed by atoms with Gasteiger partial charge in [0.2, 0.25) is 0 Å². The van der Waals surface area contributed by atoms with Gasteiger partial charge in [-0.1, -0.05) is 18.2 Å². The molecule has 148 valence electrons. The van der Waals surface area contributed by atoms with Crippen molar-refractivity contribution in [1.82, 2.24) is 4.90 Å². The lowest BCUT2D eigenvalue weighted by atomic mass is 9.93. The highest BCUT2D eigenvalue weighted by Gasteiger charge is 2.39. The molecule has 0 N–H and O–H groups in total. The molecule has 0 aromatic heterocycles. The lowest BCUT2D eigenvalue weighted by Crippen LogP contribution is -2.45. The van der Waals surface area contributed by atoms with Crippen LogP contribution in [0.4, 0.5) is 28.0 Å². The molecular formula is C20H18F4N2O2. The van der Waals surface area contributed by atoms with Crippen molar-refractivity contribution in [2.45, 2.75) is 18.5 Å². The van der Waals surface area contributed by atoms with Crippen LogP contribution >= 0.6 is 0 Å². The van der Waals surface area contributed by atoms with E-state index in [1.54, 1.807) is 28.0 Å². The molecule has 2 amide bonds. The number of carbonyl (C=O) groups is 1. The number of rotatable bonds is 1. The molecule has 0 bridgehead atoms. The molecule has 1 atom stereocenters. The lowest BCUT2D eigenvalue weighted by Gasteiger charge is -2.32. The molecule has 4 nitrogen and oxygen atoms in total. The van der Waals surface area contributed by atoms with E-state index in [1.165, 1.54) is 6.07 Å². The molecule has 2 heterocycles. The van der Waals surface area contributed by atoms with Gasteiger partial charge in [-0.25, -0.2) is 9.18 Å². The predicted molar refractivity (Wildman–Crippen MR) is 95.0 cm³/mol. The van der Waals surface area contributed by atoms with Crippen LogP contribution in [0.5, 0.6) is 5.75 Å². The molecular weight excluding hydrogens is 376 g/mol. The number of amides is 2. The Morgan fingerprint density at radius 1 is 1.11 bits per heavy atom. The summed E-state index contributed by atoms with van der Waals surface area (Å²) in [6.07, 6.45) is -4.25. The van der Waals surface area contributed by atoms with Crippen LogP contribution in [-0.4, -0.2) is 37.2 Å². The Morgan fingerprint density at radius 2 is 1.89 bits per heavy atom. The van der Waals surface area contributed by atoms with E-state index < -0.39 is 23.5 Å². The van der Waals surface area contributed by atoms with Gasteiger partial charge in [0.15, 0.2) is 0 Å². The van der Waals surface area contributed by atoms with Gasteiger partial charge in [0.05, 0.1) is 17.8 Å². The number of para-hydroxylation sites is 2. The molecule has 1 unspecified atom stereocenters. The van der Waals surface area contributed by atoms with E-state index in [9.17, 15) is 22.4 Å². The molecule has 2 aromatic rings. The molecule has 0 aliphatic carbocycles. The third-order valence-corrected chi connectivity index (χ3v) is 5.18. The Labute approximate surface area is 159 Å². The second-order valence-electron chi connectivity index (χ2n) is 6.91. The van der Waals surface area contributed by atoms with Crippen LogP contribution in [0.15, 0.2) is 42.5 Å². The summed E-state index contributed by atoms with van der Waals surface area (Å²) in [4.78, 5) is 16.1. The van der Waals surface area contributed by atoms with Crippen LogP contribution in [0.25, 0.3) is 0 Å². The third-order valence-electron chi connectivity index (χ3n) is 5.18. The molecule has 0 spiro atoms. The predicted octanol–water partition coefficient (Wildman–Crippen LogP) is 4.65. The van der Waals surface area contributed by atoms with Crippen molar-refractivity contribution in [3.63, 3.8) is 0 Å². The molecule has 0 saturated carbocycles. The first-order valence-corrected chi connectivity index (χ1v) is 8.99. The van der Waals surface area contributed by atoms with Gasteiger partial charge >= 0.3 is 12.2 Å². The zero-order chi connectivity index (χ0) is 19.9. The molecule has 2 aliphatic heterocycles. The summed E-state index contributed by atoms with van der Waals surface area (Å²) in [5.41, 5.74) is -0.282. The first kappa shape index (κ1) is 18.6. The number of hydrogen-bond acceptors (Lipinski definition) is 2. The van der Waals surface area contributed by atoms with Crippen molar-refractivity contribution in [1.29, 1.82) is 0 Å². The van der Waals surface area contributed by atoms with Gasteiger partial charge in [-0.3, -0.25) is 4.90 Å². The Morgan fingerprint density at radius 3 is 2.68 bits per heavy atom. The van der Waals surface area contributed by atoms with Gasteiger partial charge in [0.1, 0.15) is 18.2 Å². The molecule has 8 heteroatoms.